The zero-order chi connectivity index (χ0) is 21.5. The highest BCUT2D eigenvalue weighted by Crippen LogP contribution is 2.46. The normalized spacial score (nSPS) is 23.9. The van der Waals surface area contributed by atoms with Gasteiger partial charge in [-0.15, -0.1) is 0 Å². The summed E-state index contributed by atoms with van der Waals surface area (Å²) in [5.74, 6) is -4.51. The molecule has 0 spiro atoms. The zero-order valence-corrected chi connectivity index (χ0v) is 16.1. The number of nitrogens with one attached hydrogen (secondary N) is 1. The predicted octanol–water partition coefficient (Wildman–Crippen LogP) is 1.56. The van der Waals surface area contributed by atoms with E-state index < -0.39 is 39.9 Å². The van der Waals surface area contributed by atoms with Crippen molar-refractivity contribution in [1.29, 1.82) is 0 Å². The summed E-state index contributed by atoms with van der Waals surface area (Å²) in [5, 5.41) is 24.0. The SMILES string of the molecule is COC(=O)[C@@H]1C(=O)C2=C(C[C@@H]1C)NC(=O)C[C@@H]2c1cc(OC)c(O)c([N+](=O)[O-])c1. The highest BCUT2D eigenvalue weighted by molar-refractivity contribution is 6.11. The second kappa shape index (κ2) is 7.53. The first kappa shape index (κ1) is 20.3. The van der Waals surface area contributed by atoms with Crippen molar-refractivity contribution in [3.05, 3.63) is 39.1 Å². The van der Waals surface area contributed by atoms with E-state index in [0.717, 1.165) is 6.07 Å². The molecule has 2 N–H and O–H groups in total. The highest BCUT2D eigenvalue weighted by Gasteiger charge is 2.46. The lowest BCUT2D eigenvalue weighted by molar-refractivity contribution is -0.386. The summed E-state index contributed by atoms with van der Waals surface area (Å²) < 4.78 is 9.78. The lowest BCUT2D eigenvalue weighted by Gasteiger charge is -2.36. The van der Waals surface area contributed by atoms with Crippen LogP contribution in [0.3, 0.4) is 0 Å². The zero-order valence-electron chi connectivity index (χ0n) is 16.1. The number of ketones is 1. The number of amides is 1. The summed E-state index contributed by atoms with van der Waals surface area (Å²) >= 11 is 0. The molecule has 1 aliphatic carbocycles. The standard InChI is InChI=1S/C19H20N2O8/c1-8-4-11-16(18(24)15(8)19(25)29-3)10(7-14(22)20-11)9-5-12(21(26)27)17(23)13(6-9)28-2/h5-6,8,10,15,23H,4,7H2,1-3H3,(H,20,22)/t8-,10+,15-/m0/s1. The third-order valence-corrected chi connectivity index (χ3v) is 5.35. The number of hydrogen-bond acceptors (Lipinski definition) is 8. The predicted molar refractivity (Wildman–Crippen MR) is 98.1 cm³/mol. The van der Waals surface area contributed by atoms with Gasteiger partial charge in [0.2, 0.25) is 11.7 Å². The van der Waals surface area contributed by atoms with Crippen LogP contribution in [-0.2, 0) is 19.1 Å². The van der Waals surface area contributed by atoms with Crippen LogP contribution in [0, 0.1) is 22.0 Å². The third-order valence-electron chi connectivity index (χ3n) is 5.35. The van der Waals surface area contributed by atoms with Crippen LogP contribution in [0.25, 0.3) is 0 Å². The van der Waals surface area contributed by atoms with Crippen molar-refractivity contribution in [1.82, 2.24) is 5.32 Å². The first-order chi connectivity index (χ1) is 13.7. The van der Waals surface area contributed by atoms with Gasteiger partial charge in [-0.25, -0.2) is 0 Å². The first-order valence-electron chi connectivity index (χ1n) is 8.89. The van der Waals surface area contributed by atoms with Crippen molar-refractivity contribution in [2.24, 2.45) is 11.8 Å². The summed E-state index contributed by atoms with van der Waals surface area (Å²) in [6.45, 7) is 1.72. The molecular weight excluding hydrogens is 384 g/mol. The maximum Gasteiger partial charge on any atom is 0.316 e. The number of aromatic hydroxyl groups is 1. The molecule has 0 radical (unpaired) electrons. The number of nitrogens with zero attached hydrogens (tertiary/aromatic N) is 1. The average molecular weight is 404 g/mol. The van der Waals surface area contributed by atoms with Gasteiger partial charge < -0.3 is 19.9 Å². The number of esters is 1. The summed E-state index contributed by atoms with van der Waals surface area (Å²) in [7, 11) is 2.43. The van der Waals surface area contributed by atoms with E-state index in [4.69, 9.17) is 9.47 Å². The number of hydrogen-bond donors (Lipinski definition) is 2. The Balaban J connectivity index is 2.17. The molecular formula is C19H20N2O8. The second-order valence-corrected chi connectivity index (χ2v) is 7.09. The lowest BCUT2D eigenvalue weighted by atomic mass is 9.70. The highest BCUT2D eigenvalue weighted by atomic mass is 16.6. The minimum absolute atomic E-state index is 0.141. The molecule has 0 aromatic heterocycles. The molecule has 0 bridgehead atoms. The number of rotatable bonds is 4. The molecule has 10 nitrogen and oxygen atoms in total. The summed E-state index contributed by atoms with van der Waals surface area (Å²) in [6.07, 6.45) is 0.137. The number of allylic oxidation sites excluding steroid dienone is 2. The molecule has 1 amide bonds. The van der Waals surface area contributed by atoms with E-state index in [1.54, 1.807) is 6.92 Å². The maximum absolute atomic E-state index is 13.2. The van der Waals surface area contributed by atoms with E-state index in [-0.39, 0.29) is 41.6 Å². The Morgan fingerprint density at radius 3 is 2.55 bits per heavy atom. The average Bonchev–Trinajstić information content (AvgIpc) is 2.66. The molecule has 0 fully saturated rings. The number of phenols is 1. The quantitative estimate of drug-likeness (QED) is 0.333. The molecule has 0 unspecified atom stereocenters. The molecule has 1 aromatic carbocycles. The fraction of sp³-hybridized carbons (Fsp3) is 0.421. The van der Waals surface area contributed by atoms with Crippen molar-refractivity contribution in [2.45, 2.75) is 25.7 Å². The Bertz CT molecular complexity index is 952. The number of ether oxygens (including phenoxy) is 2. The van der Waals surface area contributed by atoms with Gasteiger partial charge in [0.1, 0.15) is 5.92 Å². The van der Waals surface area contributed by atoms with Crippen molar-refractivity contribution in [2.75, 3.05) is 14.2 Å². The third kappa shape index (κ3) is 3.41. The van der Waals surface area contributed by atoms with Crippen molar-refractivity contribution < 1.29 is 33.9 Å². The van der Waals surface area contributed by atoms with Crippen LogP contribution in [0.1, 0.15) is 31.2 Å². The molecule has 0 saturated carbocycles. The summed E-state index contributed by atoms with van der Waals surface area (Å²) in [4.78, 5) is 48.2. The van der Waals surface area contributed by atoms with E-state index in [1.165, 1.54) is 20.3 Å². The number of Topliss-reactive ketones (excluding diaryl/α,β-unsaturated/α-hetero) is 1. The molecule has 2 aliphatic rings. The van der Waals surface area contributed by atoms with Crippen LogP contribution in [0.5, 0.6) is 11.5 Å². The Kier molecular flexibility index (Phi) is 5.27. The van der Waals surface area contributed by atoms with Gasteiger partial charge in [-0.05, 0) is 24.0 Å². The number of methoxy groups -OCH3 is 2. The van der Waals surface area contributed by atoms with Gasteiger partial charge in [0.15, 0.2) is 11.5 Å². The minimum atomic E-state index is -1.02. The number of benzene rings is 1. The molecule has 29 heavy (non-hydrogen) atoms. The molecule has 1 aliphatic heterocycles. The lowest BCUT2D eigenvalue weighted by Crippen LogP contribution is -2.44. The largest absolute Gasteiger partial charge is 0.500 e. The van der Waals surface area contributed by atoms with Crippen LogP contribution in [0.15, 0.2) is 23.4 Å². The Labute approximate surface area is 165 Å². The number of carbonyl (C=O) groups is 3. The fourth-order valence-corrected chi connectivity index (χ4v) is 3.99. The summed E-state index contributed by atoms with van der Waals surface area (Å²) in [5.41, 5.74) is 0.285. The van der Waals surface area contributed by atoms with Crippen LogP contribution >= 0.6 is 0 Å². The van der Waals surface area contributed by atoms with E-state index >= 15 is 0 Å². The molecule has 154 valence electrons. The molecule has 3 rings (SSSR count). The van der Waals surface area contributed by atoms with E-state index in [1.807, 2.05) is 0 Å². The molecule has 0 saturated heterocycles. The van der Waals surface area contributed by atoms with E-state index in [0.29, 0.717) is 5.70 Å². The van der Waals surface area contributed by atoms with Crippen LogP contribution in [0.4, 0.5) is 5.69 Å². The fourth-order valence-electron chi connectivity index (χ4n) is 3.99. The van der Waals surface area contributed by atoms with Gasteiger partial charge in [-0.3, -0.25) is 24.5 Å². The molecule has 1 aromatic rings. The number of nitro benzene ring substituents is 1. The number of nitro groups is 1. The van der Waals surface area contributed by atoms with Crippen LogP contribution < -0.4 is 10.1 Å². The van der Waals surface area contributed by atoms with E-state index in [2.05, 4.69) is 5.32 Å². The van der Waals surface area contributed by atoms with Crippen molar-refractivity contribution >= 4 is 23.3 Å². The molecule has 10 heteroatoms. The van der Waals surface area contributed by atoms with E-state index in [9.17, 15) is 29.6 Å². The molecule has 1 heterocycles. The Morgan fingerprint density at radius 2 is 1.97 bits per heavy atom. The van der Waals surface area contributed by atoms with Crippen LogP contribution in [0.2, 0.25) is 0 Å². The smallest absolute Gasteiger partial charge is 0.316 e. The monoisotopic (exact) mass is 404 g/mol. The number of carbonyl (C=O) groups excluding carboxylic acids is 3. The minimum Gasteiger partial charge on any atom is -0.500 e. The van der Waals surface area contributed by atoms with Gasteiger partial charge in [-0.1, -0.05) is 6.92 Å². The first-order valence-corrected chi connectivity index (χ1v) is 8.89. The van der Waals surface area contributed by atoms with Crippen LogP contribution in [-0.4, -0.2) is 41.9 Å². The topological polar surface area (TPSA) is 145 Å². The second-order valence-electron chi connectivity index (χ2n) is 7.09. The Hall–Kier alpha value is -3.43. The molecule has 3 atom stereocenters. The maximum atomic E-state index is 13.2. The van der Waals surface area contributed by atoms with Gasteiger partial charge in [0.05, 0.1) is 19.1 Å². The number of phenolic OH excluding ortho intramolecular Hbond substituents is 1. The van der Waals surface area contributed by atoms with Gasteiger partial charge in [0, 0.05) is 29.7 Å². The van der Waals surface area contributed by atoms with Crippen molar-refractivity contribution in [3.63, 3.8) is 0 Å². The van der Waals surface area contributed by atoms with Gasteiger partial charge >= 0.3 is 11.7 Å². The Morgan fingerprint density at radius 1 is 1.28 bits per heavy atom. The summed E-state index contributed by atoms with van der Waals surface area (Å²) in [6, 6.07) is 2.47. The van der Waals surface area contributed by atoms with Crippen molar-refractivity contribution in [3.8, 4) is 11.5 Å². The van der Waals surface area contributed by atoms with Gasteiger partial charge in [-0.2, -0.15) is 0 Å². The van der Waals surface area contributed by atoms with Gasteiger partial charge in [0.25, 0.3) is 0 Å².